The van der Waals surface area contributed by atoms with E-state index >= 15 is 0 Å². The molecular weight excluding hydrogens is 266 g/mol. The Morgan fingerprint density at radius 1 is 1.05 bits per heavy atom. The first-order chi connectivity index (χ1) is 10.2. The standard InChI is InChI=1S/C15H15N5O/c16-15(7-3-4-8-15)14-19-13(21-20-14)12-9-17-10-5-1-2-6-11(10)18-12/h1-2,5-6,9H,3-4,7-8,16H2. The summed E-state index contributed by atoms with van der Waals surface area (Å²) < 4.78 is 5.33. The minimum Gasteiger partial charge on any atom is -0.332 e. The van der Waals surface area contributed by atoms with E-state index in [1.54, 1.807) is 6.20 Å². The zero-order valence-electron chi connectivity index (χ0n) is 11.5. The lowest BCUT2D eigenvalue weighted by molar-refractivity contribution is 0.372. The summed E-state index contributed by atoms with van der Waals surface area (Å²) in [6.45, 7) is 0. The van der Waals surface area contributed by atoms with E-state index in [0.717, 1.165) is 36.7 Å². The average Bonchev–Trinajstić information content (AvgIpc) is 3.17. The number of fused-ring (bicyclic) bond motifs is 1. The highest BCUT2D eigenvalue weighted by molar-refractivity contribution is 5.75. The van der Waals surface area contributed by atoms with Crippen LogP contribution in [0.5, 0.6) is 0 Å². The van der Waals surface area contributed by atoms with Crippen LogP contribution in [0, 0.1) is 0 Å². The maximum atomic E-state index is 6.34. The van der Waals surface area contributed by atoms with Gasteiger partial charge in [0.15, 0.2) is 5.82 Å². The molecule has 0 amide bonds. The van der Waals surface area contributed by atoms with E-state index in [-0.39, 0.29) is 0 Å². The zero-order chi connectivity index (χ0) is 14.3. The van der Waals surface area contributed by atoms with Crippen LogP contribution in [-0.4, -0.2) is 20.1 Å². The number of hydrogen-bond acceptors (Lipinski definition) is 6. The fourth-order valence-electron chi connectivity index (χ4n) is 2.82. The zero-order valence-corrected chi connectivity index (χ0v) is 11.5. The Kier molecular flexibility index (Phi) is 2.71. The molecule has 6 heteroatoms. The van der Waals surface area contributed by atoms with Crippen LogP contribution in [0.3, 0.4) is 0 Å². The third-order valence-corrected chi connectivity index (χ3v) is 4.03. The van der Waals surface area contributed by atoms with Crippen LogP contribution in [0.4, 0.5) is 0 Å². The third-order valence-electron chi connectivity index (χ3n) is 4.03. The molecule has 0 bridgehead atoms. The molecule has 0 atom stereocenters. The molecule has 1 saturated carbocycles. The van der Waals surface area contributed by atoms with Gasteiger partial charge in [-0.2, -0.15) is 4.98 Å². The summed E-state index contributed by atoms with van der Waals surface area (Å²) in [5.74, 6) is 0.949. The Bertz CT molecular complexity index is 791. The normalized spacial score (nSPS) is 17.4. The number of para-hydroxylation sites is 2. The van der Waals surface area contributed by atoms with Crippen molar-refractivity contribution in [1.82, 2.24) is 20.1 Å². The first kappa shape index (κ1) is 12.4. The van der Waals surface area contributed by atoms with Gasteiger partial charge in [-0.15, -0.1) is 0 Å². The highest BCUT2D eigenvalue weighted by atomic mass is 16.5. The number of aromatic nitrogens is 4. The Hall–Kier alpha value is -2.34. The molecule has 1 aliphatic carbocycles. The van der Waals surface area contributed by atoms with Gasteiger partial charge < -0.3 is 10.3 Å². The van der Waals surface area contributed by atoms with Crippen molar-refractivity contribution >= 4 is 11.0 Å². The van der Waals surface area contributed by atoms with Gasteiger partial charge in [-0.05, 0) is 25.0 Å². The molecule has 21 heavy (non-hydrogen) atoms. The van der Waals surface area contributed by atoms with E-state index < -0.39 is 5.54 Å². The number of hydrogen-bond donors (Lipinski definition) is 1. The molecule has 2 N–H and O–H groups in total. The molecule has 0 radical (unpaired) electrons. The lowest BCUT2D eigenvalue weighted by Crippen LogP contribution is -2.34. The number of nitrogens with zero attached hydrogens (tertiary/aromatic N) is 4. The molecule has 1 aromatic carbocycles. The van der Waals surface area contributed by atoms with Gasteiger partial charge in [-0.1, -0.05) is 30.1 Å². The van der Waals surface area contributed by atoms with E-state index in [9.17, 15) is 0 Å². The van der Waals surface area contributed by atoms with Crippen molar-refractivity contribution in [2.24, 2.45) is 5.73 Å². The fraction of sp³-hybridized carbons (Fsp3) is 0.333. The molecule has 0 aliphatic heterocycles. The smallest absolute Gasteiger partial charge is 0.278 e. The molecule has 0 saturated heterocycles. The average molecular weight is 281 g/mol. The molecule has 2 aromatic heterocycles. The van der Waals surface area contributed by atoms with Crippen molar-refractivity contribution < 1.29 is 4.52 Å². The molecule has 4 rings (SSSR count). The summed E-state index contributed by atoms with van der Waals surface area (Å²) in [5.41, 5.74) is 8.11. The van der Waals surface area contributed by atoms with Crippen LogP contribution >= 0.6 is 0 Å². The topological polar surface area (TPSA) is 90.7 Å². The van der Waals surface area contributed by atoms with Gasteiger partial charge in [0.1, 0.15) is 5.69 Å². The first-order valence-electron chi connectivity index (χ1n) is 7.10. The lowest BCUT2D eigenvalue weighted by Gasteiger charge is -2.17. The SMILES string of the molecule is NC1(c2noc(-c3cnc4ccccc4n3)n2)CCCC1. The Labute approximate surface area is 121 Å². The summed E-state index contributed by atoms with van der Waals surface area (Å²) >= 11 is 0. The Morgan fingerprint density at radius 3 is 2.62 bits per heavy atom. The summed E-state index contributed by atoms with van der Waals surface area (Å²) in [5, 5.41) is 4.05. The fourth-order valence-corrected chi connectivity index (χ4v) is 2.82. The summed E-state index contributed by atoms with van der Waals surface area (Å²) in [6.07, 6.45) is 5.66. The van der Waals surface area contributed by atoms with E-state index in [1.165, 1.54) is 0 Å². The maximum absolute atomic E-state index is 6.34. The number of nitrogens with two attached hydrogens (primary N) is 1. The van der Waals surface area contributed by atoms with Crippen LogP contribution < -0.4 is 5.73 Å². The quantitative estimate of drug-likeness (QED) is 0.775. The lowest BCUT2D eigenvalue weighted by atomic mass is 9.99. The molecule has 3 aromatic rings. The minimum absolute atomic E-state index is 0.375. The molecule has 6 nitrogen and oxygen atoms in total. The minimum atomic E-state index is -0.452. The highest BCUT2D eigenvalue weighted by Gasteiger charge is 2.36. The van der Waals surface area contributed by atoms with E-state index in [2.05, 4.69) is 20.1 Å². The van der Waals surface area contributed by atoms with Gasteiger partial charge in [0.05, 0.1) is 22.8 Å². The number of benzene rings is 1. The van der Waals surface area contributed by atoms with Gasteiger partial charge in [-0.3, -0.25) is 4.98 Å². The van der Waals surface area contributed by atoms with Crippen molar-refractivity contribution in [2.45, 2.75) is 31.2 Å². The van der Waals surface area contributed by atoms with Crippen LogP contribution in [0.2, 0.25) is 0 Å². The molecule has 0 unspecified atom stereocenters. The van der Waals surface area contributed by atoms with Crippen LogP contribution in [0.15, 0.2) is 35.0 Å². The van der Waals surface area contributed by atoms with Crippen molar-refractivity contribution in [3.8, 4) is 11.6 Å². The van der Waals surface area contributed by atoms with Gasteiger partial charge in [-0.25, -0.2) is 4.98 Å². The molecule has 0 spiro atoms. The predicted octanol–water partition coefficient (Wildman–Crippen LogP) is 2.41. The second-order valence-electron chi connectivity index (χ2n) is 5.53. The predicted molar refractivity (Wildman–Crippen MR) is 77.2 cm³/mol. The Morgan fingerprint density at radius 2 is 1.81 bits per heavy atom. The number of rotatable bonds is 2. The molecule has 106 valence electrons. The van der Waals surface area contributed by atoms with Crippen molar-refractivity contribution in [2.75, 3.05) is 0 Å². The third kappa shape index (κ3) is 2.08. The second-order valence-corrected chi connectivity index (χ2v) is 5.53. The van der Waals surface area contributed by atoms with E-state index in [4.69, 9.17) is 10.3 Å². The molecule has 2 heterocycles. The van der Waals surface area contributed by atoms with Crippen LogP contribution in [0.1, 0.15) is 31.5 Å². The molecular formula is C15H15N5O. The first-order valence-corrected chi connectivity index (χ1v) is 7.10. The van der Waals surface area contributed by atoms with Gasteiger partial charge in [0.2, 0.25) is 0 Å². The van der Waals surface area contributed by atoms with Gasteiger partial charge >= 0.3 is 0 Å². The summed E-state index contributed by atoms with van der Waals surface area (Å²) in [7, 11) is 0. The van der Waals surface area contributed by atoms with Crippen molar-refractivity contribution in [3.63, 3.8) is 0 Å². The highest BCUT2D eigenvalue weighted by Crippen LogP contribution is 2.35. The van der Waals surface area contributed by atoms with E-state index in [1.807, 2.05) is 24.3 Å². The molecule has 1 aliphatic rings. The van der Waals surface area contributed by atoms with Crippen LogP contribution in [-0.2, 0) is 5.54 Å². The monoisotopic (exact) mass is 281 g/mol. The summed E-state index contributed by atoms with van der Waals surface area (Å²) in [6, 6.07) is 7.68. The van der Waals surface area contributed by atoms with Crippen molar-refractivity contribution in [1.29, 1.82) is 0 Å². The summed E-state index contributed by atoms with van der Waals surface area (Å²) in [4.78, 5) is 13.3. The largest absolute Gasteiger partial charge is 0.332 e. The second kappa shape index (κ2) is 4.60. The maximum Gasteiger partial charge on any atom is 0.278 e. The van der Waals surface area contributed by atoms with Crippen molar-refractivity contribution in [3.05, 3.63) is 36.3 Å². The van der Waals surface area contributed by atoms with Gasteiger partial charge in [0.25, 0.3) is 5.89 Å². The van der Waals surface area contributed by atoms with Crippen LogP contribution in [0.25, 0.3) is 22.6 Å². The molecule has 1 fully saturated rings. The van der Waals surface area contributed by atoms with E-state index in [0.29, 0.717) is 17.4 Å². The Balaban J connectivity index is 1.73. The van der Waals surface area contributed by atoms with Gasteiger partial charge in [0, 0.05) is 0 Å².